The van der Waals surface area contributed by atoms with Crippen molar-refractivity contribution in [1.29, 1.82) is 0 Å². The van der Waals surface area contributed by atoms with Gasteiger partial charge < -0.3 is 10.4 Å². The van der Waals surface area contributed by atoms with E-state index in [1.54, 1.807) is 11.3 Å². The molecule has 86 valence electrons. The Morgan fingerprint density at radius 2 is 2.38 bits per heavy atom. The van der Waals surface area contributed by atoms with E-state index in [4.69, 9.17) is 5.11 Å². The second-order valence-electron chi connectivity index (χ2n) is 3.52. The molecule has 3 nitrogen and oxygen atoms in total. The molecule has 2 aromatic heterocycles. The number of rotatable bonds is 4. The van der Waals surface area contributed by atoms with Gasteiger partial charge in [-0.2, -0.15) is 0 Å². The van der Waals surface area contributed by atoms with E-state index in [0.717, 1.165) is 15.8 Å². The molecule has 16 heavy (non-hydrogen) atoms. The SMILES string of the molecule is CC[C@H](CO)NC(=O)c1cc2sccc2s1. The number of fused-ring (bicyclic) bond motifs is 1. The zero-order valence-corrected chi connectivity index (χ0v) is 10.5. The maximum absolute atomic E-state index is 11.8. The first-order valence-electron chi connectivity index (χ1n) is 5.13. The maximum atomic E-state index is 11.8. The van der Waals surface area contributed by atoms with E-state index < -0.39 is 0 Å². The normalized spacial score (nSPS) is 12.9. The molecule has 0 aliphatic heterocycles. The molecule has 0 aliphatic carbocycles. The number of carbonyl (C=O) groups excluding carboxylic acids is 1. The topological polar surface area (TPSA) is 49.3 Å². The molecule has 0 bridgehead atoms. The summed E-state index contributed by atoms with van der Waals surface area (Å²) in [5.74, 6) is -0.0886. The fourth-order valence-electron chi connectivity index (χ4n) is 1.41. The van der Waals surface area contributed by atoms with Crippen molar-refractivity contribution in [1.82, 2.24) is 5.32 Å². The molecule has 0 aromatic carbocycles. The molecule has 0 fully saturated rings. The Labute approximate surface area is 102 Å². The average molecular weight is 255 g/mol. The van der Waals surface area contributed by atoms with Gasteiger partial charge in [0.25, 0.3) is 5.91 Å². The van der Waals surface area contributed by atoms with Crippen LogP contribution in [-0.2, 0) is 0 Å². The highest BCUT2D eigenvalue weighted by atomic mass is 32.1. The summed E-state index contributed by atoms with van der Waals surface area (Å²) >= 11 is 3.13. The summed E-state index contributed by atoms with van der Waals surface area (Å²) in [5.41, 5.74) is 0. The van der Waals surface area contributed by atoms with Crippen LogP contribution < -0.4 is 5.32 Å². The summed E-state index contributed by atoms with van der Waals surface area (Å²) in [6.07, 6.45) is 0.738. The largest absolute Gasteiger partial charge is 0.394 e. The summed E-state index contributed by atoms with van der Waals surface area (Å²) in [4.78, 5) is 12.5. The van der Waals surface area contributed by atoms with Gasteiger partial charge in [0.1, 0.15) is 0 Å². The molecule has 0 radical (unpaired) electrons. The number of hydrogen-bond acceptors (Lipinski definition) is 4. The zero-order valence-electron chi connectivity index (χ0n) is 8.90. The molecule has 1 amide bonds. The van der Waals surface area contributed by atoms with Crippen LogP contribution in [0.1, 0.15) is 23.0 Å². The van der Waals surface area contributed by atoms with E-state index in [1.807, 2.05) is 24.4 Å². The quantitative estimate of drug-likeness (QED) is 0.881. The highest BCUT2D eigenvalue weighted by molar-refractivity contribution is 7.27. The number of carbonyl (C=O) groups is 1. The average Bonchev–Trinajstić information content (AvgIpc) is 2.85. The lowest BCUT2D eigenvalue weighted by molar-refractivity contribution is 0.0919. The molecule has 0 spiro atoms. The van der Waals surface area contributed by atoms with Crippen LogP contribution in [0, 0.1) is 0 Å². The Hall–Kier alpha value is -0.910. The molecule has 0 aliphatic rings. The van der Waals surface area contributed by atoms with E-state index in [1.165, 1.54) is 11.3 Å². The predicted octanol–water partition coefficient (Wildman–Crippen LogP) is 2.46. The van der Waals surface area contributed by atoms with Crippen LogP contribution in [0.3, 0.4) is 0 Å². The number of nitrogens with one attached hydrogen (secondary N) is 1. The first-order chi connectivity index (χ1) is 7.74. The fourth-order valence-corrected chi connectivity index (χ4v) is 3.42. The van der Waals surface area contributed by atoms with Crippen molar-refractivity contribution in [2.45, 2.75) is 19.4 Å². The van der Waals surface area contributed by atoms with Gasteiger partial charge in [-0.05, 0) is 23.9 Å². The van der Waals surface area contributed by atoms with Crippen LogP contribution in [0.25, 0.3) is 9.40 Å². The zero-order chi connectivity index (χ0) is 11.5. The van der Waals surface area contributed by atoms with Crippen LogP contribution in [0.15, 0.2) is 17.5 Å². The minimum Gasteiger partial charge on any atom is -0.394 e. The molecule has 2 aromatic rings. The summed E-state index contributed by atoms with van der Waals surface area (Å²) in [5, 5.41) is 13.8. The van der Waals surface area contributed by atoms with E-state index >= 15 is 0 Å². The van der Waals surface area contributed by atoms with Crippen LogP contribution >= 0.6 is 22.7 Å². The van der Waals surface area contributed by atoms with Crippen molar-refractivity contribution in [3.05, 3.63) is 22.4 Å². The molecule has 2 heterocycles. The third-order valence-electron chi connectivity index (χ3n) is 2.41. The van der Waals surface area contributed by atoms with Gasteiger partial charge in [-0.15, -0.1) is 22.7 Å². The summed E-state index contributed by atoms with van der Waals surface area (Å²) in [7, 11) is 0. The van der Waals surface area contributed by atoms with Crippen molar-refractivity contribution < 1.29 is 9.90 Å². The second-order valence-corrected chi connectivity index (χ2v) is 5.55. The third kappa shape index (κ3) is 2.26. The Morgan fingerprint density at radius 3 is 3.00 bits per heavy atom. The van der Waals surface area contributed by atoms with E-state index in [0.29, 0.717) is 4.88 Å². The van der Waals surface area contributed by atoms with Gasteiger partial charge in [0.05, 0.1) is 17.5 Å². The molecule has 5 heteroatoms. The molecular formula is C11H13NO2S2. The lowest BCUT2D eigenvalue weighted by Gasteiger charge is -2.12. The summed E-state index contributed by atoms with van der Waals surface area (Å²) in [6, 6.07) is 3.78. The molecular weight excluding hydrogens is 242 g/mol. The molecule has 0 saturated carbocycles. The minimum absolute atomic E-state index is 0.0119. The van der Waals surface area contributed by atoms with Gasteiger partial charge in [-0.3, -0.25) is 4.79 Å². The van der Waals surface area contributed by atoms with Gasteiger partial charge in [-0.25, -0.2) is 0 Å². The number of hydrogen-bond donors (Lipinski definition) is 2. The second kappa shape index (κ2) is 4.95. The Morgan fingerprint density at radius 1 is 1.56 bits per heavy atom. The summed E-state index contributed by atoms with van der Waals surface area (Å²) < 4.78 is 2.29. The van der Waals surface area contributed by atoms with E-state index in [2.05, 4.69) is 5.32 Å². The number of thiophene rings is 2. The summed E-state index contributed by atoms with van der Waals surface area (Å²) in [6.45, 7) is 1.93. The smallest absolute Gasteiger partial charge is 0.261 e. The van der Waals surface area contributed by atoms with Gasteiger partial charge in [-0.1, -0.05) is 6.92 Å². The molecule has 0 unspecified atom stereocenters. The van der Waals surface area contributed by atoms with Crippen molar-refractivity contribution in [2.75, 3.05) is 6.61 Å². The van der Waals surface area contributed by atoms with Gasteiger partial charge >= 0.3 is 0 Å². The maximum Gasteiger partial charge on any atom is 0.261 e. The van der Waals surface area contributed by atoms with E-state index in [9.17, 15) is 4.79 Å². The highest BCUT2D eigenvalue weighted by Crippen LogP contribution is 2.29. The van der Waals surface area contributed by atoms with Crippen molar-refractivity contribution in [3.8, 4) is 0 Å². The van der Waals surface area contributed by atoms with Gasteiger partial charge in [0, 0.05) is 9.40 Å². The van der Waals surface area contributed by atoms with Gasteiger partial charge in [0.2, 0.25) is 0 Å². The Kier molecular flexibility index (Phi) is 3.58. The Balaban J connectivity index is 2.12. The fraction of sp³-hybridized carbons (Fsp3) is 0.364. The lowest BCUT2D eigenvalue weighted by Crippen LogP contribution is -2.36. The van der Waals surface area contributed by atoms with Crippen LogP contribution in [0.2, 0.25) is 0 Å². The standard InChI is InChI=1S/C11H13NO2S2/c1-2-7(6-13)12-11(14)10-5-9-8(16-10)3-4-15-9/h3-5,7,13H,2,6H2,1H3,(H,12,14)/t7-/m1/s1. The van der Waals surface area contributed by atoms with Crippen molar-refractivity contribution in [3.63, 3.8) is 0 Å². The van der Waals surface area contributed by atoms with Crippen LogP contribution in [-0.4, -0.2) is 23.7 Å². The Bertz CT molecular complexity index is 456. The molecule has 2 N–H and O–H groups in total. The molecule has 0 saturated heterocycles. The third-order valence-corrected chi connectivity index (χ3v) is 4.50. The number of amides is 1. The molecule has 2 rings (SSSR count). The monoisotopic (exact) mass is 255 g/mol. The first-order valence-corrected chi connectivity index (χ1v) is 6.83. The number of aliphatic hydroxyl groups excluding tert-OH is 1. The van der Waals surface area contributed by atoms with Crippen LogP contribution in [0.5, 0.6) is 0 Å². The first kappa shape index (κ1) is 11.6. The van der Waals surface area contributed by atoms with Crippen molar-refractivity contribution >= 4 is 38.0 Å². The van der Waals surface area contributed by atoms with Crippen LogP contribution in [0.4, 0.5) is 0 Å². The van der Waals surface area contributed by atoms with Gasteiger partial charge in [0.15, 0.2) is 0 Å². The van der Waals surface area contributed by atoms with E-state index in [-0.39, 0.29) is 18.6 Å². The molecule has 1 atom stereocenters. The highest BCUT2D eigenvalue weighted by Gasteiger charge is 2.14. The lowest BCUT2D eigenvalue weighted by atomic mass is 10.2. The minimum atomic E-state index is -0.146. The number of aliphatic hydroxyl groups is 1. The van der Waals surface area contributed by atoms with Crippen molar-refractivity contribution in [2.24, 2.45) is 0 Å². The predicted molar refractivity (Wildman–Crippen MR) is 68.3 cm³/mol.